The minimum atomic E-state index is 0.361. The fourth-order valence-electron chi connectivity index (χ4n) is 2.25. The van der Waals surface area contributed by atoms with Crippen molar-refractivity contribution in [2.24, 2.45) is 5.73 Å². The summed E-state index contributed by atoms with van der Waals surface area (Å²) in [7, 11) is 0. The molecule has 3 nitrogen and oxygen atoms in total. The van der Waals surface area contributed by atoms with Gasteiger partial charge in [-0.05, 0) is 26.2 Å². The lowest BCUT2D eigenvalue weighted by molar-refractivity contribution is 0.318. The highest BCUT2D eigenvalue weighted by Gasteiger charge is 2.21. The first-order valence-electron chi connectivity index (χ1n) is 5.66. The maximum absolute atomic E-state index is 5.97. The SMILES string of the molecule is CC(NC1CCCC(N)C1)c1nccs1. The molecule has 15 heavy (non-hydrogen) atoms. The van der Waals surface area contributed by atoms with Crippen LogP contribution in [-0.2, 0) is 0 Å². The standard InChI is InChI=1S/C11H19N3S/c1-8(11-13-5-6-15-11)14-10-4-2-3-9(12)7-10/h5-6,8-10,14H,2-4,7,12H2,1H3. The van der Waals surface area contributed by atoms with Crippen LogP contribution in [0.4, 0.5) is 0 Å². The molecule has 0 aromatic carbocycles. The molecule has 0 bridgehead atoms. The Hall–Kier alpha value is -0.450. The normalized spacial score (nSPS) is 28.9. The number of rotatable bonds is 3. The topological polar surface area (TPSA) is 50.9 Å². The number of nitrogens with one attached hydrogen (secondary N) is 1. The van der Waals surface area contributed by atoms with Gasteiger partial charge in [0.05, 0.1) is 6.04 Å². The van der Waals surface area contributed by atoms with E-state index in [4.69, 9.17) is 5.73 Å². The van der Waals surface area contributed by atoms with Crippen LogP contribution in [-0.4, -0.2) is 17.1 Å². The Bertz CT molecular complexity index is 286. The fourth-order valence-corrected chi connectivity index (χ4v) is 2.91. The minimum Gasteiger partial charge on any atom is -0.328 e. The summed E-state index contributed by atoms with van der Waals surface area (Å²) in [6.07, 6.45) is 6.66. The lowest BCUT2D eigenvalue weighted by Crippen LogP contribution is -2.40. The Labute approximate surface area is 95.1 Å². The molecule has 1 aromatic heterocycles. The third-order valence-electron chi connectivity index (χ3n) is 3.02. The van der Waals surface area contributed by atoms with Crippen LogP contribution in [0, 0.1) is 0 Å². The van der Waals surface area contributed by atoms with E-state index >= 15 is 0 Å². The van der Waals surface area contributed by atoms with E-state index in [1.165, 1.54) is 24.3 Å². The molecule has 4 heteroatoms. The molecule has 3 unspecified atom stereocenters. The van der Waals surface area contributed by atoms with Crippen molar-refractivity contribution in [3.05, 3.63) is 16.6 Å². The molecule has 0 aliphatic heterocycles. The van der Waals surface area contributed by atoms with Crippen molar-refractivity contribution in [3.8, 4) is 0 Å². The monoisotopic (exact) mass is 225 g/mol. The van der Waals surface area contributed by atoms with Crippen LogP contribution in [0.2, 0.25) is 0 Å². The van der Waals surface area contributed by atoms with Gasteiger partial charge in [0.15, 0.2) is 0 Å². The Morgan fingerprint density at radius 3 is 3.13 bits per heavy atom. The first kappa shape index (κ1) is 11.0. The van der Waals surface area contributed by atoms with Crippen LogP contribution in [0.5, 0.6) is 0 Å². The second-order valence-electron chi connectivity index (χ2n) is 4.38. The molecule has 1 fully saturated rings. The van der Waals surface area contributed by atoms with Gasteiger partial charge in [-0.15, -0.1) is 11.3 Å². The van der Waals surface area contributed by atoms with Crippen molar-refractivity contribution in [2.45, 2.75) is 50.7 Å². The van der Waals surface area contributed by atoms with Gasteiger partial charge in [-0.25, -0.2) is 4.98 Å². The van der Waals surface area contributed by atoms with Crippen molar-refractivity contribution in [3.63, 3.8) is 0 Å². The van der Waals surface area contributed by atoms with Crippen LogP contribution >= 0.6 is 11.3 Å². The van der Waals surface area contributed by atoms with E-state index in [-0.39, 0.29) is 0 Å². The molecule has 1 aliphatic carbocycles. The summed E-state index contributed by atoms with van der Waals surface area (Å²) in [6.45, 7) is 2.18. The van der Waals surface area contributed by atoms with Crippen LogP contribution in [0.15, 0.2) is 11.6 Å². The van der Waals surface area contributed by atoms with Gasteiger partial charge < -0.3 is 11.1 Å². The minimum absolute atomic E-state index is 0.361. The van der Waals surface area contributed by atoms with Crippen molar-refractivity contribution < 1.29 is 0 Å². The zero-order valence-corrected chi connectivity index (χ0v) is 9.96. The summed E-state index contributed by atoms with van der Waals surface area (Å²) in [5.74, 6) is 0. The van der Waals surface area contributed by atoms with Crippen LogP contribution < -0.4 is 11.1 Å². The number of hydrogen-bond acceptors (Lipinski definition) is 4. The molecule has 3 atom stereocenters. The largest absolute Gasteiger partial charge is 0.328 e. The third kappa shape index (κ3) is 3.00. The maximum atomic E-state index is 5.97. The summed E-state index contributed by atoms with van der Waals surface area (Å²) in [4.78, 5) is 4.33. The first-order chi connectivity index (χ1) is 7.25. The van der Waals surface area contributed by atoms with Gasteiger partial charge in [0.2, 0.25) is 0 Å². The molecule has 2 rings (SSSR count). The van der Waals surface area contributed by atoms with E-state index in [9.17, 15) is 0 Å². The summed E-state index contributed by atoms with van der Waals surface area (Å²) in [5.41, 5.74) is 5.97. The van der Waals surface area contributed by atoms with E-state index in [0.717, 1.165) is 6.42 Å². The van der Waals surface area contributed by atoms with Gasteiger partial charge in [-0.1, -0.05) is 6.42 Å². The van der Waals surface area contributed by atoms with Gasteiger partial charge in [0.25, 0.3) is 0 Å². The lowest BCUT2D eigenvalue weighted by atomic mass is 9.91. The zero-order valence-electron chi connectivity index (χ0n) is 9.15. The molecule has 1 saturated carbocycles. The van der Waals surface area contributed by atoms with Crippen molar-refractivity contribution >= 4 is 11.3 Å². The molecule has 3 N–H and O–H groups in total. The lowest BCUT2D eigenvalue weighted by Gasteiger charge is -2.29. The Kier molecular flexibility index (Phi) is 3.72. The van der Waals surface area contributed by atoms with Gasteiger partial charge in [-0.2, -0.15) is 0 Å². The Balaban J connectivity index is 1.86. The van der Waals surface area contributed by atoms with E-state index in [1.807, 2.05) is 11.6 Å². The Morgan fingerprint density at radius 1 is 1.60 bits per heavy atom. The van der Waals surface area contributed by atoms with Crippen molar-refractivity contribution in [1.82, 2.24) is 10.3 Å². The van der Waals surface area contributed by atoms with Gasteiger partial charge in [0.1, 0.15) is 5.01 Å². The predicted octanol–water partition coefficient (Wildman–Crippen LogP) is 2.06. The highest BCUT2D eigenvalue weighted by molar-refractivity contribution is 7.09. The predicted molar refractivity (Wildman–Crippen MR) is 63.9 cm³/mol. The highest BCUT2D eigenvalue weighted by Crippen LogP contribution is 2.21. The number of thiazole rings is 1. The van der Waals surface area contributed by atoms with Gasteiger partial charge in [0, 0.05) is 23.7 Å². The molecule has 1 heterocycles. The van der Waals surface area contributed by atoms with Crippen molar-refractivity contribution in [1.29, 1.82) is 0 Å². The third-order valence-corrected chi connectivity index (χ3v) is 3.98. The van der Waals surface area contributed by atoms with E-state index in [0.29, 0.717) is 18.1 Å². The highest BCUT2D eigenvalue weighted by atomic mass is 32.1. The summed E-state index contributed by atoms with van der Waals surface area (Å²) in [6, 6.07) is 1.33. The molecule has 1 aromatic rings. The average Bonchev–Trinajstić information content (AvgIpc) is 2.70. The van der Waals surface area contributed by atoms with Crippen LogP contribution in [0.25, 0.3) is 0 Å². The second-order valence-corrected chi connectivity index (χ2v) is 5.31. The smallest absolute Gasteiger partial charge is 0.109 e. The van der Waals surface area contributed by atoms with Crippen LogP contribution in [0.3, 0.4) is 0 Å². The number of hydrogen-bond donors (Lipinski definition) is 2. The van der Waals surface area contributed by atoms with Gasteiger partial charge in [-0.3, -0.25) is 0 Å². The fraction of sp³-hybridized carbons (Fsp3) is 0.727. The van der Waals surface area contributed by atoms with E-state index < -0.39 is 0 Å². The number of nitrogens with two attached hydrogens (primary N) is 1. The Morgan fingerprint density at radius 2 is 2.47 bits per heavy atom. The quantitative estimate of drug-likeness (QED) is 0.828. The molecule has 1 aliphatic rings. The second kappa shape index (κ2) is 5.05. The van der Waals surface area contributed by atoms with E-state index in [2.05, 4.69) is 17.2 Å². The summed E-state index contributed by atoms with van der Waals surface area (Å²) in [5, 5.41) is 6.82. The molecule has 0 spiro atoms. The number of nitrogens with zero attached hydrogens (tertiary/aromatic N) is 1. The van der Waals surface area contributed by atoms with Gasteiger partial charge >= 0.3 is 0 Å². The molecule has 84 valence electrons. The summed E-state index contributed by atoms with van der Waals surface area (Å²) >= 11 is 1.72. The van der Waals surface area contributed by atoms with Crippen LogP contribution in [0.1, 0.15) is 43.7 Å². The molecular weight excluding hydrogens is 206 g/mol. The summed E-state index contributed by atoms with van der Waals surface area (Å²) < 4.78 is 0. The molecular formula is C11H19N3S. The average molecular weight is 225 g/mol. The van der Waals surface area contributed by atoms with Crippen molar-refractivity contribution in [2.75, 3.05) is 0 Å². The first-order valence-corrected chi connectivity index (χ1v) is 6.54. The molecule has 0 radical (unpaired) electrons. The van der Waals surface area contributed by atoms with E-state index in [1.54, 1.807) is 11.3 Å². The zero-order chi connectivity index (χ0) is 10.7. The number of aromatic nitrogens is 1. The molecule has 0 amide bonds. The molecule has 0 saturated heterocycles. The maximum Gasteiger partial charge on any atom is 0.109 e.